The minimum atomic E-state index is -4.28. The van der Waals surface area contributed by atoms with E-state index in [2.05, 4.69) is 42.5 Å². The maximum absolute atomic E-state index is 13.3. The van der Waals surface area contributed by atoms with Gasteiger partial charge in [-0.05, 0) is 91.8 Å². The summed E-state index contributed by atoms with van der Waals surface area (Å²) in [4.78, 5) is 54.5. The summed E-state index contributed by atoms with van der Waals surface area (Å²) in [5.41, 5.74) is -4.00. The summed E-state index contributed by atoms with van der Waals surface area (Å²) in [6.07, 6.45) is -11.6. The Bertz CT molecular complexity index is 3280. The maximum Gasteiger partial charge on any atom is 0.398 e. The lowest BCUT2D eigenvalue weighted by atomic mass is 9.93. The van der Waals surface area contributed by atoms with Crippen LogP contribution in [0, 0.1) is 50.6 Å². The fraction of sp³-hybridized carbons (Fsp3) is 0.426. The van der Waals surface area contributed by atoms with E-state index in [1.54, 1.807) is 19.1 Å². The van der Waals surface area contributed by atoms with Gasteiger partial charge in [0.15, 0.2) is 9.93 Å². The predicted molar refractivity (Wildman–Crippen MR) is 284 cm³/mol. The van der Waals surface area contributed by atoms with E-state index >= 15 is 0 Å². The Morgan fingerprint density at radius 1 is 0.823 bits per heavy atom. The van der Waals surface area contributed by atoms with Crippen molar-refractivity contribution in [3.63, 3.8) is 0 Å². The van der Waals surface area contributed by atoms with Crippen molar-refractivity contribution in [2.24, 2.45) is 11.8 Å². The minimum absolute atomic E-state index is 0.0435. The number of hydrogen-bond acceptors (Lipinski definition) is 11. The highest BCUT2D eigenvalue weighted by Crippen LogP contribution is 2.61. The first-order valence-electron chi connectivity index (χ1n) is 24.2. The molecule has 3 heterocycles. The van der Waals surface area contributed by atoms with Crippen LogP contribution in [0.25, 0.3) is 22.5 Å². The first kappa shape index (κ1) is 63.6. The molecule has 1 aliphatic heterocycles. The molecule has 79 heavy (non-hydrogen) atoms. The van der Waals surface area contributed by atoms with Crippen molar-refractivity contribution in [1.29, 1.82) is 15.8 Å². The van der Waals surface area contributed by atoms with Crippen molar-refractivity contribution < 1.29 is 53.8 Å². The first-order valence-corrected chi connectivity index (χ1v) is 27.3. The van der Waals surface area contributed by atoms with Gasteiger partial charge in [-0.25, -0.2) is 4.98 Å². The van der Waals surface area contributed by atoms with Crippen LogP contribution in [0.3, 0.4) is 0 Å². The van der Waals surface area contributed by atoms with Gasteiger partial charge in [-0.15, -0.1) is 11.6 Å². The number of benzene rings is 3. The van der Waals surface area contributed by atoms with Crippen LogP contribution in [0.4, 0.5) is 39.5 Å². The highest BCUT2D eigenvalue weighted by atomic mass is 79.9. The zero-order chi connectivity index (χ0) is 58.7. The lowest BCUT2D eigenvalue weighted by Gasteiger charge is -2.23. The van der Waals surface area contributed by atoms with E-state index in [9.17, 15) is 64.0 Å². The van der Waals surface area contributed by atoms with Crippen LogP contribution in [-0.4, -0.2) is 73.9 Å². The van der Waals surface area contributed by atoms with Crippen LogP contribution in [0.2, 0.25) is 0 Å². The second-order valence-corrected chi connectivity index (χ2v) is 21.4. The van der Waals surface area contributed by atoms with Crippen LogP contribution in [-0.2, 0) is 32.3 Å². The Morgan fingerprint density at radius 3 is 1.65 bits per heavy atom. The van der Waals surface area contributed by atoms with E-state index in [4.69, 9.17) is 34.3 Å². The molecule has 0 saturated heterocycles. The molecular formula is C54H50BrClF9N7O5S2. The number of hydrogen-bond donors (Lipinski definition) is 2. The molecule has 2 unspecified atom stereocenters. The number of carbonyl (C=O) groups excluding carboxylic acids is 2. The third kappa shape index (κ3) is 15.0. The van der Waals surface area contributed by atoms with Gasteiger partial charge in [0, 0.05) is 34.6 Å². The highest BCUT2D eigenvalue weighted by Gasteiger charge is 2.65. The Labute approximate surface area is 470 Å². The van der Waals surface area contributed by atoms with Gasteiger partial charge in [0.25, 0.3) is 11.1 Å². The highest BCUT2D eigenvalue weighted by molar-refractivity contribution is 9.09. The summed E-state index contributed by atoms with van der Waals surface area (Å²) in [6.45, 7) is 6.68. The van der Waals surface area contributed by atoms with Gasteiger partial charge >= 0.3 is 24.5 Å². The van der Waals surface area contributed by atoms with Crippen molar-refractivity contribution in [1.82, 2.24) is 19.5 Å². The molecule has 25 heteroatoms. The number of rotatable bonds is 10. The Kier molecular flexibility index (Phi) is 21.2. The number of aromatic amines is 2. The molecule has 5 aromatic rings. The zero-order valence-electron chi connectivity index (χ0n) is 42.4. The van der Waals surface area contributed by atoms with Crippen molar-refractivity contribution in [2.45, 2.75) is 112 Å². The van der Waals surface area contributed by atoms with Crippen LogP contribution < -0.4 is 11.1 Å². The molecule has 3 aromatic carbocycles. The number of ether oxygens (including phenoxy) is 1. The summed E-state index contributed by atoms with van der Waals surface area (Å²) in [5, 5.41) is 28.0. The third-order valence-electron chi connectivity index (χ3n) is 13.3. The van der Waals surface area contributed by atoms with Crippen molar-refractivity contribution >= 4 is 63.8 Å². The smallest absolute Gasteiger partial charge is 0.398 e. The molecular weight excluding hydrogens is 1180 g/mol. The second-order valence-electron chi connectivity index (χ2n) is 19.0. The zero-order valence-corrected chi connectivity index (χ0v) is 46.4. The quantitative estimate of drug-likeness (QED) is 0.0337. The van der Waals surface area contributed by atoms with Gasteiger partial charge in [-0.3, -0.25) is 28.7 Å². The van der Waals surface area contributed by atoms with E-state index < -0.39 is 51.9 Å². The van der Waals surface area contributed by atoms with E-state index in [0.717, 1.165) is 17.0 Å². The van der Waals surface area contributed by atoms with Crippen molar-refractivity contribution in [2.75, 3.05) is 23.6 Å². The van der Waals surface area contributed by atoms with Crippen molar-refractivity contribution in [3.8, 4) is 40.7 Å². The van der Waals surface area contributed by atoms with E-state index in [-0.39, 0.29) is 88.9 Å². The van der Waals surface area contributed by atoms with Gasteiger partial charge in [-0.1, -0.05) is 114 Å². The number of nitriles is 3. The summed E-state index contributed by atoms with van der Waals surface area (Å²) in [7, 11) is 0. The van der Waals surface area contributed by atoms with E-state index in [0.29, 0.717) is 53.1 Å². The fourth-order valence-electron chi connectivity index (χ4n) is 8.19. The number of aldehydes is 1. The number of halogens is 11. The fourth-order valence-corrected chi connectivity index (χ4v) is 10.00. The second kappa shape index (κ2) is 26.3. The monoisotopic (exact) mass is 1230 g/mol. The average molecular weight is 1230 g/mol. The molecule has 3 aliphatic carbocycles. The predicted octanol–water partition coefficient (Wildman–Crippen LogP) is 13.5. The number of carbonyl (C=O) groups is 2. The van der Waals surface area contributed by atoms with E-state index in [1.165, 1.54) is 89.1 Å². The standard InChI is InChI=1S/C19H16F3N3OS.C15H10F3N3OS.C11H9F3O.C5H7NO2.C4H8BrCl/c1-11-9-25-16(26)14(8-23)15(24-17(25)27-10-11)12-2-4-13(5-3-12)18(6-7-18)19(20,21)22;16-15(17,18)14(5-6-14)9-3-1-8(2-4-9)11-10(7-19)12(22)21-13(23)20-11;12-11(13,14)10(5-6-10)9-3-1-8(7-15)2-4-9;1-2-8-5(7)3-4-6;1-4(2-5)3-6/h2-5,11H,6-7,9-10H2,1H3;1-4H,5-6H2,(H2,20,21,22,23);1-4,7H,5-6H2;2-3H2,1H3;4H,2-3H2,1H3. The van der Waals surface area contributed by atoms with Gasteiger partial charge < -0.3 is 9.72 Å². The van der Waals surface area contributed by atoms with Crippen LogP contribution in [0.1, 0.15) is 104 Å². The van der Waals surface area contributed by atoms with Gasteiger partial charge in [0.05, 0.1) is 40.3 Å². The molecule has 2 aromatic heterocycles. The summed E-state index contributed by atoms with van der Waals surface area (Å²) >= 11 is 15.0. The molecule has 3 fully saturated rings. The molecule has 9 rings (SSSR count). The molecule has 2 atom stereocenters. The SMILES string of the molecule is CC(CCl)CBr.CC1CSc2nc(-c3ccc(C4(C(F)(F)F)CC4)cc3)c(C#N)c(=O)n2C1.CCOC(=O)CC#N.N#Cc1c(-c2ccc(C3(C(F)(F)F)CC3)cc2)[nH]c(=S)[nH]c1=O.O=Cc1ccc(C2(C(F)(F)F)CC2)cc1. The topological polar surface area (TPSA) is 198 Å². The normalized spacial score (nSPS) is 17.1. The number of aromatic nitrogens is 4. The van der Waals surface area contributed by atoms with Crippen molar-refractivity contribution in [3.05, 3.63) is 132 Å². The Morgan fingerprint density at radius 2 is 1.28 bits per heavy atom. The first-order chi connectivity index (χ1) is 37.2. The number of esters is 1. The number of nitrogens with one attached hydrogen (secondary N) is 2. The van der Waals surface area contributed by atoms with Crippen LogP contribution in [0.5, 0.6) is 0 Å². The summed E-state index contributed by atoms with van der Waals surface area (Å²) in [6, 6.07) is 22.6. The Hall–Kier alpha value is -6.26. The molecule has 4 aliphatic rings. The maximum atomic E-state index is 13.3. The molecule has 0 amide bonds. The number of thioether (sulfide) groups is 1. The summed E-state index contributed by atoms with van der Waals surface area (Å²) in [5.74, 6) is 2.05. The largest absolute Gasteiger partial charge is 0.465 e. The number of alkyl halides is 11. The molecule has 2 N–H and O–H groups in total. The summed E-state index contributed by atoms with van der Waals surface area (Å²) < 4.78 is 123. The van der Waals surface area contributed by atoms with Gasteiger partial charge in [-0.2, -0.15) is 55.3 Å². The Balaban J connectivity index is 0.000000199. The number of fused-ring (bicyclic) bond motifs is 1. The minimum Gasteiger partial charge on any atom is -0.465 e. The average Bonchev–Trinajstić information content (AvgIpc) is 4.37. The lowest BCUT2D eigenvalue weighted by molar-refractivity contribution is -0.161. The number of H-pyrrole nitrogens is 2. The molecule has 0 radical (unpaired) electrons. The molecule has 12 nitrogen and oxygen atoms in total. The van der Waals surface area contributed by atoms with Gasteiger partial charge in [0.2, 0.25) is 0 Å². The van der Waals surface area contributed by atoms with Crippen LogP contribution in [0.15, 0.2) is 87.5 Å². The molecule has 3 saturated carbocycles. The van der Waals surface area contributed by atoms with Gasteiger partial charge in [0.1, 0.15) is 36.0 Å². The van der Waals surface area contributed by atoms with Crippen LogP contribution >= 0.6 is 51.5 Å². The lowest BCUT2D eigenvalue weighted by Crippen LogP contribution is -2.32. The van der Waals surface area contributed by atoms with E-state index in [1.807, 2.05) is 13.0 Å². The molecule has 0 bridgehead atoms. The third-order valence-corrected chi connectivity index (χ3v) is 16.4. The molecule has 0 spiro atoms. The molecule has 420 valence electrons. The number of nitrogens with zero attached hydrogens (tertiary/aromatic N) is 5.